The molecular formula is C22H27N3O6S. The van der Waals surface area contributed by atoms with E-state index in [1.54, 1.807) is 6.07 Å². The van der Waals surface area contributed by atoms with E-state index in [-0.39, 0.29) is 50.1 Å². The van der Waals surface area contributed by atoms with Crippen LogP contribution in [0, 0.1) is 37.8 Å². The number of hydrogen-bond donors (Lipinski definition) is 0. The number of carbonyl (C=O) groups is 1. The topological polar surface area (TPSA) is 110 Å². The smallest absolute Gasteiger partial charge is 0.310 e. The van der Waals surface area contributed by atoms with E-state index < -0.39 is 14.9 Å². The zero-order valence-corrected chi connectivity index (χ0v) is 19.4. The van der Waals surface area contributed by atoms with Gasteiger partial charge in [0.25, 0.3) is 5.91 Å². The van der Waals surface area contributed by atoms with Crippen LogP contribution in [0.25, 0.3) is 0 Å². The molecule has 2 aromatic carbocycles. The molecule has 9 nitrogen and oxygen atoms in total. The van der Waals surface area contributed by atoms with Crippen molar-refractivity contribution in [3.8, 4) is 5.75 Å². The van der Waals surface area contributed by atoms with Gasteiger partial charge in [0.1, 0.15) is 0 Å². The van der Waals surface area contributed by atoms with Crippen LogP contribution in [0.3, 0.4) is 0 Å². The van der Waals surface area contributed by atoms with Crippen LogP contribution in [0.2, 0.25) is 0 Å². The highest BCUT2D eigenvalue weighted by Gasteiger charge is 2.33. The predicted octanol–water partition coefficient (Wildman–Crippen LogP) is 2.74. The average molecular weight is 462 g/mol. The molecule has 0 unspecified atom stereocenters. The number of nitro benzene ring substituents is 1. The Kier molecular flexibility index (Phi) is 6.85. The molecule has 1 heterocycles. The molecule has 32 heavy (non-hydrogen) atoms. The summed E-state index contributed by atoms with van der Waals surface area (Å²) in [5, 5.41) is 11.1. The van der Waals surface area contributed by atoms with Gasteiger partial charge in [-0.1, -0.05) is 18.2 Å². The number of rotatable bonds is 6. The maximum atomic E-state index is 13.4. The van der Waals surface area contributed by atoms with Crippen molar-refractivity contribution in [2.24, 2.45) is 0 Å². The first-order valence-electron chi connectivity index (χ1n) is 10.3. The number of benzene rings is 2. The Balaban J connectivity index is 1.67. The minimum atomic E-state index is -3.70. The molecule has 0 radical (unpaired) electrons. The molecule has 10 heteroatoms. The summed E-state index contributed by atoms with van der Waals surface area (Å²) in [5.74, 6) is -0.327. The van der Waals surface area contributed by atoms with Gasteiger partial charge in [0, 0.05) is 32.2 Å². The van der Waals surface area contributed by atoms with Gasteiger partial charge in [-0.3, -0.25) is 14.9 Å². The van der Waals surface area contributed by atoms with Crippen LogP contribution >= 0.6 is 0 Å². The molecule has 1 saturated heterocycles. The molecule has 1 aliphatic heterocycles. The maximum absolute atomic E-state index is 13.4. The van der Waals surface area contributed by atoms with Crippen molar-refractivity contribution < 1.29 is 22.9 Å². The molecule has 0 aliphatic carbocycles. The number of nitrogens with zero attached hydrogens (tertiary/aromatic N) is 3. The highest BCUT2D eigenvalue weighted by Crippen LogP contribution is 2.29. The van der Waals surface area contributed by atoms with E-state index in [1.807, 2.05) is 33.8 Å². The number of piperazine rings is 1. The third-order valence-electron chi connectivity index (χ3n) is 5.90. The lowest BCUT2D eigenvalue weighted by atomic mass is 10.0. The normalized spacial score (nSPS) is 14.9. The van der Waals surface area contributed by atoms with E-state index in [1.165, 1.54) is 27.4 Å². The molecule has 0 atom stereocenters. The zero-order chi connectivity index (χ0) is 23.6. The van der Waals surface area contributed by atoms with E-state index >= 15 is 0 Å². The van der Waals surface area contributed by atoms with Gasteiger partial charge in [0.15, 0.2) is 12.4 Å². The van der Waals surface area contributed by atoms with E-state index in [9.17, 15) is 23.3 Å². The summed E-state index contributed by atoms with van der Waals surface area (Å²) in [5.41, 5.74) is 3.12. The number of hydrogen-bond acceptors (Lipinski definition) is 6. The number of nitro groups is 1. The second-order valence-corrected chi connectivity index (χ2v) is 9.76. The summed E-state index contributed by atoms with van der Waals surface area (Å²) in [6, 6.07) is 7.83. The van der Waals surface area contributed by atoms with Crippen LogP contribution in [-0.4, -0.2) is 61.2 Å². The van der Waals surface area contributed by atoms with Crippen molar-refractivity contribution in [3.63, 3.8) is 0 Å². The Morgan fingerprint density at radius 3 is 2.16 bits per heavy atom. The third-order valence-corrected chi connectivity index (χ3v) is 8.07. The van der Waals surface area contributed by atoms with Gasteiger partial charge in [-0.05, 0) is 56.0 Å². The predicted molar refractivity (Wildman–Crippen MR) is 119 cm³/mol. The molecule has 2 aromatic rings. The lowest BCUT2D eigenvalue weighted by Gasteiger charge is -2.34. The Labute approximate surface area is 187 Å². The van der Waals surface area contributed by atoms with Crippen molar-refractivity contribution >= 4 is 21.6 Å². The fraction of sp³-hybridized carbons (Fsp3) is 0.409. The molecule has 3 rings (SSSR count). The molecule has 0 N–H and O–H groups in total. The molecule has 0 spiro atoms. The van der Waals surface area contributed by atoms with Crippen molar-refractivity contribution in [3.05, 3.63) is 62.7 Å². The largest absolute Gasteiger partial charge is 0.477 e. The van der Waals surface area contributed by atoms with Crippen molar-refractivity contribution in [1.29, 1.82) is 0 Å². The summed E-state index contributed by atoms with van der Waals surface area (Å²) in [4.78, 5) is 24.9. The van der Waals surface area contributed by atoms with Crippen molar-refractivity contribution in [2.45, 2.75) is 32.6 Å². The van der Waals surface area contributed by atoms with Crippen LogP contribution in [0.1, 0.15) is 22.3 Å². The Morgan fingerprint density at radius 1 is 1.03 bits per heavy atom. The first-order valence-corrected chi connectivity index (χ1v) is 11.7. The van der Waals surface area contributed by atoms with Gasteiger partial charge in [0.2, 0.25) is 10.0 Å². The second kappa shape index (κ2) is 9.25. The van der Waals surface area contributed by atoms with Crippen molar-refractivity contribution in [2.75, 3.05) is 32.8 Å². The zero-order valence-electron chi connectivity index (χ0n) is 18.6. The van der Waals surface area contributed by atoms with E-state index in [2.05, 4.69) is 0 Å². The number of ether oxygens (including phenoxy) is 1. The van der Waals surface area contributed by atoms with Gasteiger partial charge in [-0.15, -0.1) is 0 Å². The summed E-state index contributed by atoms with van der Waals surface area (Å²) in [6.45, 7) is 7.86. The number of amides is 1. The monoisotopic (exact) mass is 461 g/mol. The average Bonchev–Trinajstić information content (AvgIpc) is 2.76. The fourth-order valence-electron chi connectivity index (χ4n) is 3.84. The summed E-state index contributed by atoms with van der Waals surface area (Å²) in [7, 11) is -3.70. The Hall–Kier alpha value is -2.98. The minimum absolute atomic E-state index is 0.0211. The van der Waals surface area contributed by atoms with Crippen LogP contribution in [-0.2, 0) is 14.8 Å². The molecular weight excluding hydrogens is 434 g/mol. The third kappa shape index (κ3) is 4.61. The minimum Gasteiger partial charge on any atom is -0.477 e. The van der Waals surface area contributed by atoms with Gasteiger partial charge in [-0.2, -0.15) is 4.31 Å². The van der Waals surface area contributed by atoms with Crippen molar-refractivity contribution in [1.82, 2.24) is 9.21 Å². The van der Waals surface area contributed by atoms with Gasteiger partial charge in [-0.25, -0.2) is 8.42 Å². The van der Waals surface area contributed by atoms with Gasteiger partial charge in [0.05, 0.1) is 9.82 Å². The van der Waals surface area contributed by atoms with Gasteiger partial charge >= 0.3 is 5.69 Å². The Morgan fingerprint density at radius 2 is 1.59 bits per heavy atom. The first-order chi connectivity index (χ1) is 15.0. The second-order valence-electron chi connectivity index (χ2n) is 7.89. The first kappa shape index (κ1) is 23.7. The van der Waals surface area contributed by atoms with Gasteiger partial charge < -0.3 is 9.64 Å². The highest BCUT2D eigenvalue weighted by molar-refractivity contribution is 7.89. The maximum Gasteiger partial charge on any atom is 0.310 e. The molecule has 1 amide bonds. The number of sulfonamides is 1. The van der Waals surface area contributed by atoms with E-state index in [0.29, 0.717) is 4.90 Å². The van der Waals surface area contributed by atoms with E-state index in [0.717, 1.165) is 22.3 Å². The number of aryl methyl sites for hydroxylation is 2. The summed E-state index contributed by atoms with van der Waals surface area (Å²) < 4.78 is 33.5. The lowest BCUT2D eigenvalue weighted by Crippen LogP contribution is -2.51. The molecule has 1 aliphatic rings. The highest BCUT2D eigenvalue weighted by atomic mass is 32.2. The van der Waals surface area contributed by atoms with Crippen LogP contribution < -0.4 is 4.74 Å². The fourth-order valence-corrected chi connectivity index (χ4v) is 5.83. The van der Waals surface area contributed by atoms with Crippen LogP contribution in [0.5, 0.6) is 5.75 Å². The molecule has 172 valence electrons. The molecule has 0 bridgehead atoms. The quantitative estimate of drug-likeness (QED) is 0.483. The van der Waals surface area contributed by atoms with Crippen LogP contribution in [0.4, 0.5) is 5.69 Å². The van der Waals surface area contributed by atoms with Crippen LogP contribution in [0.15, 0.2) is 35.2 Å². The Bertz CT molecular complexity index is 1130. The van der Waals surface area contributed by atoms with E-state index in [4.69, 9.17) is 4.74 Å². The SMILES string of the molecule is Cc1cc(C)c(C)c(S(=O)(=O)N2CCN(C(=O)COc3ccccc3[N+](=O)[O-])CC2)c1C. The summed E-state index contributed by atoms with van der Waals surface area (Å²) >= 11 is 0. The number of para-hydroxylation sites is 2. The number of carbonyl (C=O) groups excluding carboxylic acids is 1. The summed E-state index contributed by atoms with van der Waals surface area (Å²) in [6.07, 6.45) is 0. The standard InChI is InChI=1S/C22H27N3O6S/c1-15-13-16(2)18(4)22(17(15)3)32(29,30)24-11-9-23(10-12-24)21(26)14-31-20-8-6-5-7-19(20)25(27)28/h5-8,13H,9-12,14H2,1-4H3. The molecule has 1 fully saturated rings. The molecule has 0 saturated carbocycles. The lowest BCUT2D eigenvalue weighted by molar-refractivity contribution is -0.385. The molecule has 0 aromatic heterocycles.